The third kappa shape index (κ3) is 4.07. The Bertz CT molecular complexity index is 2620. The number of fused-ring (bicyclic) bond motifs is 1. The number of hydrogen-bond donors (Lipinski definition) is 1. The Balaban J connectivity index is 1.55. The molecule has 0 aliphatic carbocycles. The van der Waals surface area contributed by atoms with E-state index in [2.05, 4.69) is 10.3 Å². The van der Waals surface area contributed by atoms with Crippen molar-refractivity contribution in [3.05, 3.63) is 127 Å². The SMILES string of the molecule is [2H]c1c([2H])c([2H])c(-c2c([2H])c([2H])c(-c3nc4c([2H])c([2H])c(Nc5c([2H])c([2H])c([2H])c(-c6c([2H])c([2H])c([2H])c([2H])c6[2H])c5[2H])c([2H])c4o3)c([2H])c2[2H])c([2H])c1[2H]. The second-order valence-corrected chi connectivity index (χ2v) is 6.57. The van der Waals surface area contributed by atoms with Gasteiger partial charge in [0, 0.05) is 23.0 Å². The van der Waals surface area contributed by atoms with Crippen molar-refractivity contribution < 1.29 is 33.2 Å². The average Bonchev–Trinajstić information content (AvgIpc) is 3.60. The predicted octanol–water partition coefficient (Wildman–Crippen LogP) is 8.57. The largest absolute Gasteiger partial charge is 0.436 e. The number of benzene rings is 5. The lowest BCUT2D eigenvalue weighted by molar-refractivity contribution is 0.620. The van der Waals surface area contributed by atoms with Crippen molar-refractivity contribution in [1.29, 1.82) is 0 Å². The molecule has 34 heavy (non-hydrogen) atoms. The zero-order valence-corrected chi connectivity index (χ0v) is 16.9. The minimum absolute atomic E-state index is 0.457. The van der Waals surface area contributed by atoms with Gasteiger partial charge in [0.1, 0.15) is 5.52 Å². The summed E-state index contributed by atoms with van der Waals surface area (Å²) >= 11 is 0. The van der Waals surface area contributed by atoms with Crippen LogP contribution in [-0.4, -0.2) is 4.98 Å². The van der Waals surface area contributed by atoms with Gasteiger partial charge in [-0.15, -0.1) is 0 Å². The van der Waals surface area contributed by atoms with E-state index in [1.165, 1.54) is 0 Å². The average molecular weight is 460 g/mol. The summed E-state index contributed by atoms with van der Waals surface area (Å²) in [6.07, 6.45) is 0. The molecule has 0 unspecified atom stereocenters. The van der Waals surface area contributed by atoms with E-state index in [-0.39, 0.29) is 0 Å². The van der Waals surface area contributed by atoms with E-state index in [4.69, 9.17) is 33.2 Å². The second kappa shape index (κ2) is 8.72. The van der Waals surface area contributed by atoms with E-state index < -0.39 is 183 Å². The maximum atomic E-state index is 8.85. The van der Waals surface area contributed by atoms with E-state index in [1.807, 2.05) is 0 Å². The summed E-state index contributed by atoms with van der Waals surface area (Å²) in [6, 6.07) is -16.6. The summed E-state index contributed by atoms with van der Waals surface area (Å²) in [4.78, 5) is 4.08. The van der Waals surface area contributed by atoms with Crippen LogP contribution in [0.2, 0.25) is 0 Å². The molecule has 0 aliphatic heterocycles. The topological polar surface area (TPSA) is 38.1 Å². The van der Waals surface area contributed by atoms with Crippen LogP contribution >= 0.6 is 0 Å². The van der Waals surface area contributed by atoms with Crippen molar-refractivity contribution >= 4 is 22.5 Å². The van der Waals surface area contributed by atoms with E-state index >= 15 is 0 Å². The summed E-state index contributed by atoms with van der Waals surface area (Å²) in [5.41, 5.74) is -5.26. The molecule has 5 aromatic carbocycles. The highest BCUT2D eigenvalue weighted by Gasteiger charge is 2.10. The maximum absolute atomic E-state index is 8.85. The highest BCUT2D eigenvalue weighted by atomic mass is 16.3. The first-order valence-corrected chi connectivity index (χ1v) is 9.61. The molecule has 3 nitrogen and oxygen atoms in total. The first-order valence-electron chi connectivity index (χ1n) is 20.1. The molecule has 0 amide bonds. The van der Waals surface area contributed by atoms with Crippen molar-refractivity contribution in [2.24, 2.45) is 0 Å². The van der Waals surface area contributed by atoms with Gasteiger partial charge in [-0.3, -0.25) is 0 Å². The van der Waals surface area contributed by atoms with Gasteiger partial charge < -0.3 is 9.73 Å². The molecule has 3 heteroatoms. The summed E-state index contributed by atoms with van der Waals surface area (Å²) < 4.78 is 182. The molecule has 0 bridgehead atoms. The van der Waals surface area contributed by atoms with E-state index in [9.17, 15) is 0 Å². The second-order valence-electron chi connectivity index (χ2n) is 6.57. The number of hydrogen-bond acceptors (Lipinski definition) is 3. The molecule has 1 aromatic heterocycles. The number of nitrogens with one attached hydrogen (secondary N) is 1. The smallest absolute Gasteiger partial charge is 0.227 e. The standard InChI is InChI=1S/C31H22N2O/c1-3-8-22(9-4-1)24-14-16-25(17-15-24)31-33-29-19-18-28(21-30(29)34-31)32-27-13-7-12-26(20-27)23-10-5-2-6-11-23/h1-21,32H/i1D,2D,3D,4D,5D,6D,7D,8D,9D,10D,11D,12D,13D,14D,15D,16D,17D,18D,19D,20D,21D. The minimum Gasteiger partial charge on any atom is -0.436 e. The first-order chi connectivity index (χ1) is 25.6. The van der Waals surface area contributed by atoms with Gasteiger partial charge in [-0.05, 0) is 58.5 Å². The van der Waals surface area contributed by atoms with Gasteiger partial charge in [0.15, 0.2) is 5.58 Å². The van der Waals surface area contributed by atoms with Gasteiger partial charge in [-0.1, -0.05) is 84.6 Å². The Morgan fingerprint density at radius 1 is 0.529 bits per heavy atom. The summed E-state index contributed by atoms with van der Waals surface area (Å²) in [6.45, 7) is 0. The normalized spacial score (nSPS) is 19.6. The summed E-state index contributed by atoms with van der Waals surface area (Å²) in [7, 11) is 0. The third-order valence-electron chi connectivity index (χ3n) is 4.39. The summed E-state index contributed by atoms with van der Waals surface area (Å²) in [5.74, 6) is -0.656. The molecule has 6 aromatic rings. The molecule has 0 radical (unpaired) electrons. The molecule has 0 aliphatic rings. The van der Waals surface area contributed by atoms with Crippen molar-refractivity contribution in [1.82, 2.24) is 4.98 Å². The van der Waals surface area contributed by atoms with Crippen LogP contribution < -0.4 is 5.32 Å². The van der Waals surface area contributed by atoms with Crippen LogP contribution in [0.1, 0.15) is 28.8 Å². The fourth-order valence-corrected chi connectivity index (χ4v) is 2.88. The van der Waals surface area contributed by atoms with Crippen molar-refractivity contribution in [3.8, 4) is 33.7 Å². The van der Waals surface area contributed by atoms with Gasteiger partial charge in [0.25, 0.3) is 0 Å². The third-order valence-corrected chi connectivity index (χ3v) is 4.39. The molecule has 162 valence electrons. The van der Waals surface area contributed by atoms with Crippen LogP contribution in [0, 0.1) is 0 Å². The Morgan fingerprint density at radius 2 is 1.12 bits per heavy atom. The lowest BCUT2D eigenvalue weighted by atomic mass is 10.0. The zero-order chi connectivity index (χ0) is 41.0. The molecular weight excluding hydrogens is 416 g/mol. The number of rotatable bonds is 5. The monoisotopic (exact) mass is 459 g/mol. The predicted molar refractivity (Wildman–Crippen MR) is 140 cm³/mol. The molecule has 0 saturated carbocycles. The molecular formula is C31H22N2O. The fraction of sp³-hybridized carbons (Fsp3) is 0. The van der Waals surface area contributed by atoms with Crippen molar-refractivity contribution in [2.75, 3.05) is 5.32 Å². The molecule has 0 saturated heterocycles. The van der Waals surface area contributed by atoms with E-state index in [0.29, 0.717) is 0 Å². The fourth-order valence-electron chi connectivity index (χ4n) is 2.88. The van der Waals surface area contributed by atoms with Crippen LogP contribution in [0.5, 0.6) is 0 Å². The van der Waals surface area contributed by atoms with Gasteiger partial charge in [-0.25, -0.2) is 4.98 Å². The van der Waals surface area contributed by atoms with Crippen LogP contribution in [0.3, 0.4) is 0 Å². The number of oxazole rings is 1. The van der Waals surface area contributed by atoms with Gasteiger partial charge in [0.2, 0.25) is 5.89 Å². The number of aromatic nitrogens is 1. The number of nitrogens with zero attached hydrogens (tertiary/aromatic N) is 1. The molecule has 1 N–H and O–H groups in total. The molecule has 6 rings (SSSR count). The maximum Gasteiger partial charge on any atom is 0.227 e. The Morgan fingerprint density at radius 3 is 1.85 bits per heavy atom. The Kier molecular flexibility index (Phi) is 1.98. The number of anilines is 2. The van der Waals surface area contributed by atoms with Crippen molar-refractivity contribution in [2.45, 2.75) is 0 Å². The minimum atomic E-state index is -0.845. The van der Waals surface area contributed by atoms with Crippen LogP contribution in [-0.2, 0) is 0 Å². The molecule has 0 spiro atoms. The zero-order valence-electron chi connectivity index (χ0n) is 37.9. The molecule has 0 atom stereocenters. The van der Waals surface area contributed by atoms with Gasteiger partial charge >= 0.3 is 0 Å². The van der Waals surface area contributed by atoms with E-state index in [0.717, 1.165) is 0 Å². The first kappa shape index (κ1) is 7.71. The van der Waals surface area contributed by atoms with Gasteiger partial charge in [-0.2, -0.15) is 0 Å². The van der Waals surface area contributed by atoms with Crippen LogP contribution in [0.4, 0.5) is 11.4 Å². The highest BCUT2D eigenvalue weighted by Crippen LogP contribution is 2.30. The molecule has 1 heterocycles. The summed E-state index contributed by atoms with van der Waals surface area (Å²) in [5, 5.41) is 2.48. The lowest BCUT2D eigenvalue weighted by Crippen LogP contribution is -1.90. The Hall–Kier alpha value is -4.63. The van der Waals surface area contributed by atoms with E-state index in [1.54, 1.807) is 0 Å². The Labute approximate surface area is 227 Å². The quantitative estimate of drug-likeness (QED) is 0.280. The lowest BCUT2D eigenvalue weighted by Gasteiger charge is -2.08. The van der Waals surface area contributed by atoms with Gasteiger partial charge in [0.05, 0.1) is 28.8 Å². The van der Waals surface area contributed by atoms with Crippen LogP contribution in [0.25, 0.3) is 44.8 Å². The van der Waals surface area contributed by atoms with Crippen molar-refractivity contribution in [3.63, 3.8) is 0 Å². The van der Waals surface area contributed by atoms with Crippen LogP contribution in [0.15, 0.2) is 131 Å². The molecule has 0 fully saturated rings. The highest BCUT2D eigenvalue weighted by molar-refractivity contribution is 5.82.